The number of amides is 1. The monoisotopic (exact) mass is 275 g/mol. The lowest BCUT2D eigenvalue weighted by molar-refractivity contribution is -0.146. The Labute approximate surface area is 119 Å². The fourth-order valence-corrected chi connectivity index (χ4v) is 2.98. The second kappa shape index (κ2) is 6.07. The van der Waals surface area contributed by atoms with Crippen LogP contribution in [0.1, 0.15) is 48.5 Å². The van der Waals surface area contributed by atoms with Gasteiger partial charge in [-0.1, -0.05) is 25.1 Å². The van der Waals surface area contributed by atoms with Gasteiger partial charge in [-0.05, 0) is 37.3 Å². The van der Waals surface area contributed by atoms with E-state index in [4.69, 9.17) is 4.74 Å². The Bertz CT molecular complexity index is 512. The van der Waals surface area contributed by atoms with Gasteiger partial charge in [-0.15, -0.1) is 0 Å². The van der Waals surface area contributed by atoms with Crippen molar-refractivity contribution in [2.45, 2.75) is 38.6 Å². The van der Waals surface area contributed by atoms with E-state index in [1.807, 2.05) is 31.2 Å². The molecule has 0 saturated heterocycles. The normalized spacial score (nSPS) is 22.1. The van der Waals surface area contributed by atoms with Crippen LogP contribution < -0.4 is 0 Å². The van der Waals surface area contributed by atoms with Crippen molar-refractivity contribution in [3.05, 3.63) is 35.4 Å². The van der Waals surface area contributed by atoms with E-state index >= 15 is 0 Å². The molecule has 20 heavy (non-hydrogen) atoms. The van der Waals surface area contributed by atoms with E-state index in [0.717, 1.165) is 12.0 Å². The van der Waals surface area contributed by atoms with Crippen molar-refractivity contribution in [1.29, 1.82) is 0 Å². The van der Waals surface area contributed by atoms with Crippen LogP contribution in [0.15, 0.2) is 24.3 Å². The minimum atomic E-state index is -0.491. The third-order valence-corrected chi connectivity index (χ3v) is 4.08. The van der Waals surface area contributed by atoms with Crippen molar-refractivity contribution in [2.75, 3.05) is 13.7 Å². The van der Waals surface area contributed by atoms with Crippen molar-refractivity contribution in [1.82, 2.24) is 4.90 Å². The molecule has 1 aromatic carbocycles. The first kappa shape index (κ1) is 14.6. The highest BCUT2D eigenvalue weighted by Crippen LogP contribution is 2.34. The highest BCUT2D eigenvalue weighted by molar-refractivity contribution is 5.99. The third-order valence-electron chi connectivity index (χ3n) is 4.08. The van der Waals surface area contributed by atoms with Crippen LogP contribution in [0.2, 0.25) is 0 Å². The molecule has 0 bridgehead atoms. The zero-order valence-corrected chi connectivity index (χ0v) is 12.3. The van der Waals surface area contributed by atoms with Crippen molar-refractivity contribution in [3.63, 3.8) is 0 Å². The molecule has 0 N–H and O–H groups in total. The maximum atomic E-state index is 12.7. The van der Waals surface area contributed by atoms with Gasteiger partial charge in [0, 0.05) is 12.1 Å². The molecule has 1 aliphatic rings. The summed E-state index contributed by atoms with van der Waals surface area (Å²) in [6.45, 7) is 4.48. The first-order valence-corrected chi connectivity index (χ1v) is 7.11. The molecule has 0 aliphatic carbocycles. The summed E-state index contributed by atoms with van der Waals surface area (Å²) in [4.78, 5) is 26.3. The van der Waals surface area contributed by atoms with E-state index < -0.39 is 6.04 Å². The maximum Gasteiger partial charge on any atom is 0.328 e. The summed E-state index contributed by atoms with van der Waals surface area (Å²) in [6, 6.07) is 7.17. The number of likely N-dealkylation sites (N-methyl/N-ethyl adjacent to an activating group) is 1. The van der Waals surface area contributed by atoms with Crippen LogP contribution in [-0.4, -0.2) is 36.5 Å². The summed E-state index contributed by atoms with van der Waals surface area (Å²) in [6.07, 6.45) is 1.52. The molecule has 108 valence electrons. The fourth-order valence-electron chi connectivity index (χ4n) is 2.98. The number of hydrogen-bond acceptors (Lipinski definition) is 3. The Kier molecular flexibility index (Phi) is 4.42. The topological polar surface area (TPSA) is 46.6 Å². The number of methoxy groups -OCH3 is 1. The number of carbonyl (C=O) groups excluding carboxylic acids is 2. The lowest BCUT2D eigenvalue weighted by atomic mass is 9.88. The van der Waals surface area contributed by atoms with Crippen LogP contribution in [0.25, 0.3) is 0 Å². The average molecular weight is 275 g/mol. The maximum absolute atomic E-state index is 12.7. The Hall–Kier alpha value is -1.84. The molecule has 0 fully saturated rings. The van der Waals surface area contributed by atoms with Gasteiger partial charge in [-0.25, -0.2) is 4.79 Å². The van der Waals surface area contributed by atoms with Crippen LogP contribution >= 0.6 is 0 Å². The largest absolute Gasteiger partial charge is 0.467 e. The summed E-state index contributed by atoms with van der Waals surface area (Å²) in [5, 5.41) is 0. The number of fused-ring (bicyclic) bond motifs is 1. The lowest BCUT2D eigenvalue weighted by Crippen LogP contribution is -2.44. The van der Waals surface area contributed by atoms with E-state index in [2.05, 4.69) is 6.92 Å². The Morgan fingerprint density at radius 3 is 2.65 bits per heavy atom. The molecule has 1 aliphatic heterocycles. The molecular weight excluding hydrogens is 254 g/mol. The molecule has 2 rings (SSSR count). The summed E-state index contributed by atoms with van der Waals surface area (Å²) in [7, 11) is 1.37. The van der Waals surface area contributed by atoms with Gasteiger partial charge in [0.1, 0.15) is 6.04 Å². The molecule has 0 radical (unpaired) electrons. The van der Waals surface area contributed by atoms with Gasteiger partial charge in [-0.2, -0.15) is 0 Å². The van der Waals surface area contributed by atoms with Gasteiger partial charge in [-0.3, -0.25) is 4.79 Å². The van der Waals surface area contributed by atoms with Crippen molar-refractivity contribution in [3.8, 4) is 0 Å². The van der Waals surface area contributed by atoms with Gasteiger partial charge in [0.15, 0.2) is 0 Å². The number of nitrogens with zero attached hydrogens (tertiary/aromatic N) is 1. The second-order valence-corrected chi connectivity index (χ2v) is 5.06. The van der Waals surface area contributed by atoms with E-state index in [1.54, 1.807) is 4.90 Å². The zero-order chi connectivity index (χ0) is 14.7. The molecule has 1 amide bonds. The molecule has 2 unspecified atom stereocenters. The Balaban J connectivity index is 2.50. The standard InChI is InChI=1S/C16H21NO3/c1-4-11-10-14(16(19)20-3)17(5-2)15(18)13-9-7-6-8-12(11)13/h6-9,11,14H,4-5,10H2,1-3H3. The first-order valence-electron chi connectivity index (χ1n) is 7.11. The van der Waals surface area contributed by atoms with Gasteiger partial charge >= 0.3 is 5.97 Å². The van der Waals surface area contributed by atoms with Crippen LogP contribution in [-0.2, 0) is 9.53 Å². The highest BCUT2D eigenvalue weighted by Gasteiger charge is 2.37. The van der Waals surface area contributed by atoms with Gasteiger partial charge in [0.05, 0.1) is 7.11 Å². The number of carbonyl (C=O) groups is 2. The van der Waals surface area contributed by atoms with E-state index in [9.17, 15) is 9.59 Å². The van der Waals surface area contributed by atoms with Gasteiger partial charge < -0.3 is 9.64 Å². The minimum absolute atomic E-state index is 0.0746. The van der Waals surface area contributed by atoms with Crippen molar-refractivity contribution >= 4 is 11.9 Å². The predicted molar refractivity (Wildman–Crippen MR) is 76.6 cm³/mol. The molecule has 0 spiro atoms. The van der Waals surface area contributed by atoms with Crippen molar-refractivity contribution in [2.24, 2.45) is 0 Å². The third kappa shape index (κ3) is 2.42. The molecule has 0 aromatic heterocycles. The quantitative estimate of drug-likeness (QED) is 0.797. The highest BCUT2D eigenvalue weighted by atomic mass is 16.5. The minimum Gasteiger partial charge on any atom is -0.467 e. The molecule has 1 aromatic rings. The summed E-state index contributed by atoms with van der Waals surface area (Å²) < 4.78 is 4.88. The van der Waals surface area contributed by atoms with Crippen LogP contribution in [0.4, 0.5) is 0 Å². The zero-order valence-electron chi connectivity index (χ0n) is 12.3. The van der Waals surface area contributed by atoms with Crippen LogP contribution in [0, 0.1) is 0 Å². The number of rotatable bonds is 3. The molecule has 4 heteroatoms. The fraction of sp³-hybridized carbons (Fsp3) is 0.500. The smallest absolute Gasteiger partial charge is 0.328 e. The van der Waals surface area contributed by atoms with Crippen LogP contribution in [0.3, 0.4) is 0 Å². The first-order chi connectivity index (χ1) is 9.63. The molecule has 4 nitrogen and oxygen atoms in total. The summed E-state index contributed by atoms with van der Waals surface area (Å²) >= 11 is 0. The number of ether oxygens (including phenoxy) is 1. The lowest BCUT2D eigenvalue weighted by Gasteiger charge is -2.27. The SMILES string of the molecule is CCC1CC(C(=O)OC)N(CC)C(=O)c2ccccc21. The average Bonchev–Trinajstić information content (AvgIpc) is 2.61. The predicted octanol–water partition coefficient (Wildman–Crippen LogP) is 2.59. The number of benzene rings is 1. The molecule has 2 atom stereocenters. The second-order valence-electron chi connectivity index (χ2n) is 5.06. The van der Waals surface area contributed by atoms with Crippen LogP contribution in [0.5, 0.6) is 0 Å². The summed E-state index contributed by atoms with van der Waals surface area (Å²) in [5.74, 6) is -0.197. The summed E-state index contributed by atoms with van der Waals surface area (Å²) in [5.41, 5.74) is 1.76. The van der Waals surface area contributed by atoms with Gasteiger partial charge in [0.2, 0.25) is 0 Å². The van der Waals surface area contributed by atoms with E-state index in [1.165, 1.54) is 7.11 Å². The van der Waals surface area contributed by atoms with Gasteiger partial charge in [0.25, 0.3) is 5.91 Å². The molecular formula is C16H21NO3. The number of esters is 1. The Morgan fingerprint density at radius 1 is 1.35 bits per heavy atom. The van der Waals surface area contributed by atoms with E-state index in [0.29, 0.717) is 18.5 Å². The molecule has 1 heterocycles. The number of hydrogen-bond donors (Lipinski definition) is 0. The van der Waals surface area contributed by atoms with Crippen molar-refractivity contribution < 1.29 is 14.3 Å². The van der Waals surface area contributed by atoms with E-state index in [-0.39, 0.29) is 17.8 Å². The molecule has 0 saturated carbocycles. The Morgan fingerprint density at radius 2 is 2.05 bits per heavy atom.